The number of hydrogen-bond donors (Lipinski definition) is 2. The third-order valence-corrected chi connectivity index (χ3v) is 4.07. The fourth-order valence-corrected chi connectivity index (χ4v) is 2.84. The highest BCUT2D eigenvalue weighted by Gasteiger charge is 2.41. The van der Waals surface area contributed by atoms with E-state index in [0.29, 0.717) is 13.0 Å². The molecule has 0 radical (unpaired) electrons. The average Bonchev–Trinajstić information content (AvgIpc) is 2.54. The lowest BCUT2D eigenvalue weighted by Crippen LogP contribution is -2.58. The number of esters is 1. The highest BCUT2D eigenvalue weighted by Crippen LogP contribution is 2.24. The molecule has 0 spiro atoms. The van der Waals surface area contributed by atoms with Gasteiger partial charge in [-0.2, -0.15) is 0 Å². The lowest BCUT2D eigenvalue weighted by Gasteiger charge is -2.40. The molecule has 0 unspecified atom stereocenters. The predicted molar refractivity (Wildman–Crippen MR) is 86.9 cm³/mol. The Labute approximate surface area is 136 Å². The van der Waals surface area contributed by atoms with Gasteiger partial charge in [0.05, 0.1) is 13.2 Å². The van der Waals surface area contributed by atoms with Crippen molar-refractivity contribution in [2.24, 2.45) is 0 Å². The predicted octanol–water partition coefficient (Wildman–Crippen LogP) is 1.40. The van der Waals surface area contributed by atoms with Crippen LogP contribution in [0.3, 0.4) is 0 Å². The van der Waals surface area contributed by atoms with Gasteiger partial charge in [-0.3, -0.25) is 4.79 Å². The van der Waals surface area contributed by atoms with Gasteiger partial charge in [-0.05, 0) is 32.4 Å². The van der Waals surface area contributed by atoms with Crippen molar-refractivity contribution < 1.29 is 19.4 Å². The van der Waals surface area contributed by atoms with E-state index in [-0.39, 0.29) is 12.3 Å². The first-order valence-electron chi connectivity index (χ1n) is 7.75. The lowest BCUT2D eigenvalue weighted by atomic mass is 9.95. The summed E-state index contributed by atoms with van der Waals surface area (Å²) in [4.78, 5) is 26.4. The molecule has 1 aliphatic rings. The van der Waals surface area contributed by atoms with Crippen molar-refractivity contribution in [2.75, 3.05) is 19.0 Å². The van der Waals surface area contributed by atoms with Gasteiger partial charge in [-0.25, -0.2) is 4.79 Å². The van der Waals surface area contributed by atoms with Crippen molar-refractivity contribution in [3.8, 4) is 0 Å². The van der Waals surface area contributed by atoms with E-state index in [9.17, 15) is 14.7 Å². The second-order valence-corrected chi connectivity index (χ2v) is 6.33. The second kappa shape index (κ2) is 7.00. The van der Waals surface area contributed by atoms with Gasteiger partial charge < -0.3 is 20.1 Å². The maximum absolute atomic E-state index is 12.9. The Morgan fingerprint density at radius 1 is 1.30 bits per heavy atom. The normalized spacial score (nSPS) is 21.7. The first kappa shape index (κ1) is 17.3. The van der Waals surface area contributed by atoms with Crippen LogP contribution in [0.15, 0.2) is 30.3 Å². The van der Waals surface area contributed by atoms with Crippen LogP contribution in [0, 0.1) is 0 Å². The van der Waals surface area contributed by atoms with Crippen LogP contribution >= 0.6 is 0 Å². The number of ether oxygens (including phenoxy) is 1. The summed E-state index contributed by atoms with van der Waals surface area (Å²) >= 11 is 0. The Hall–Kier alpha value is -2.08. The van der Waals surface area contributed by atoms with Crippen LogP contribution in [-0.4, -0.2) is 53.2 Å². The summed E-state index contributed by atoms with van der Waals surface area (Å²) in [5.74, 6) is -0.684. The number of piperidine rings is 1. The van der Waals surface area contributed by atoms with E-state index in [1.165, 1.54) is 12.0 Å². The van der Waals surface area contributed by atoms with E-state index in [1.54, 1.807) is 13.8 Å². The van der Waals surface area contributed by atoms with E-state index in [0.717, 1.165) is 5.69 Å². The van der Waals surface area contributed by atoms with E-state index in [2.05, 4.69) is 5.32 Å². The molecule has 1 aromatic rings. The number of methoxy groups -OCH3 is 1. The molecule has 1 heterocycles. The molecule has 2 N–H and O–H groups in total. The third kappa shape index (κ3) is 4.01. The van der Waals surface area contributed by atoms with Gasteiger partial charge in [0.15, 0.2) is 0 Å². The Bertz CT molecular complexity index is 559. The number of rotatable bonds is 4. The summed E-state index contributed by atoms with van der Waals surface area (Å²) in [6, 6.07) is 8.70. The van der Waals surface area contributed by atoms with Crippen LogP contribution in [0.1, 0.15) is 26.7 Å². The number of amides is 1. The van der Waals surface area contributed by atoms with Crippen LogP contribution in [-0.2, 0) is 14.3 Å². The topological polar surface area (TPSA) is 78.9 Å². The summed E-state index contributed by atoms with van der Waals surface area (Å²) < 4.78 is 4.79. The zero-order chi connectivity index (χ0) is 17.0. The minimum Gasteiger partial charge on any atom is -0.467 e. The summed E-state index contributed by atoms with van der Waals surface area (Å²) in [5.41, 5.74) is -0.0480. The molecule has 1 fully saturated rings. The van der Waals surface area contributed by atoms with Crippen molar-refractivity contribution in [1.29, 1.82) is 0 Å². The largest absolute Gasteiger partial charge is 0.467 e. The Kier molecular flexibility index (Phi) is 5.26. The maximum atomic E-state index is 12.9. The van der Waals surface area contributed by atoms with Gasteiger partial charge >= 0.3 is 5.97 Å². The molecule has 23 heavy (non-hydrogen) atoms. The lowest BCUT2D eigenvalue weighted by molar-refractivity contribution is -0.158. The molecule has 0 aliphatic carbocycles. The molecular weight excluding hydrogens is 296 g/mol. The quantitative estimate of drug-likeness (QED) is 0.820. The van der Waals surface area contributed by atoms with Gasteiger partial charge in [0, 0.05) is 18.7 Å². The number of aliphatic hydroxyl groups is 1. The minimum atomic E-state index is -0.879. The summed E-state index contributed by atoms with van der Waals surface area (Å²) in [7, 11) is 1.29. The fourth-order valence-electron chi connectivity index (χ4n) is 2.84. The number of hydrogen-bond acceptors (Lipinski definition) is 5. The number of carbonyl (C=O) groups is 2. The first-order valence-corrected chi connectivity index (χ1v) is 7.75. The molecule has 0 saturated carbocycles. The number of likely N-dealkylation sites (tertiary alicyclic amines) is 1. The molecule has 1 amide bonds. The number of para-hydroxylation sites is 1. The molecular formula is C17H24N2O4. The molecule has 2 rings (SSSR count). The van der Waals surface area contributed by atoms with Gasteiger partial charge in [-0.15, -0.1) is 0 Å². The van der Waals surface area contributed by atoms with Crippen LogP contribution in [0.5, 0.6) is 0 Å². The maximum Gasteiger partial charge on any atom is 0.328 e. The third-order valence-electron chi connectivity index (χ3n) is 4.07. The smallest absolute Gasteiger partial charge is 0.328 e. The van der Waals surface area contributed by atoms with Crippen LogP contribution < -0.4 is 5.32 Å². The molecule has 1 aromatic carbocycles. The standard InChI is InChI=1S/C17H24N2O4/c1-17(2,18-12-7-5-4-6-8-12)16(22)19-10-9-13(20)11-14(19)15(21)23-3/h4-8,13-14,18,20H,9-11H2,1-3H3/t13-,14+/m0/s1. The van der Waals surface area contributed by atoms with Crippen molar-refractivity contribution >= 4 is 17.6 Å². The van der Waals surface area contributed by atoms with Crippen LogP contribution in [0.25, 0.3) is 0 Å². The summed E-state index contributed by atoms with van der Waals surface area (Å²) in [6.45, 7) is 3.89. The zero-order valence-corrected chi connectivity index (χ0v) is 13.8. The average molecular weight is 320 g/mol. The van der Waals surface area contributed by atoms with Gasteiger partial charge in [0.25, 0.3) is 0 Å². The van der Waals surface area contributed by atoms with Gasteiger partial charge in [0.1, 0.15) is 11.6 Å². The van der Waals surface area contributed by atoms with Crippen molar-refractivity contribution in [1.82, 2.24) is 4.90 Å². The zero-order valence-electron chi connectivity index (χ0n) is 13.8. The molecule has 0 aromatic heterocycles. The van der Waals surface area contributed by atoms with Gasteiger partial charge in [0.2, 0.25) is 5.91 Å². The summed E-state index contributed by atoms with van der Waals surface area (Å²) in [6.07, 6.45) is 0.0776. The molecule has 6 heteroatoms. The van der Waals surface area contributed by atoms with E-state index in [1.807, 2.05) is 30.3 Å². The molecule has 2 atom stereocenters. The second-order valence-electron chi connectivity index (χ2n) is 6.33. The summed E-state index contributed by atoms with van der Waals surface area (Å²) in [5, 5.41) is 13.0. The highest BCUT2D eigenvalue weighted by molar-refractivity contribution is 5.92. The van der Waals surface area contributed by atoms with Crippen molar-refractivity contribution in [2.45, 2.75) is 44.4 Å². The Morgan fingerprint density at radius 2 is 1.96 bits per heavy atom. The number of anilines is 1. The first-order chi connectivity index (χ1) is 10.8. The highest BCUT2D eigenvalue weighted by atomic mass is 16.5. The fraction of sp³-hybridized carbons (Fsp3) is 0.529. The molecule has 126 valence electrons. The number of benzene rings is 1. The van der Waals surface area contributed by atoms with E-state index >= 15 is 0 Å². The molecule has 6 nitrogen and oxygen atoms in total. The SMILES string of the molecule is COC(=O)[C@H]1C[C@@H](O)CCN1C(=O)C(C)(C)Nc1ccccc1. The number of nitrogens with one attached hydrogen (secondary N) is 1. The van der Waals surface area contributed by atoms with Crippen molar-refractivity contribution in [3.63, 3.8) is 0 Å². The van der Waals surface area contributed by atoms with Crippen molar-refractivity contribution in [3.05, 3.63) is 30.3 Å². The van der Waals surface area contributed by atoms with Gasteiger partial charge in [-0.1, -0.05) is 18.2 Å². The number of carbonyl (C=O) groups excluding carboxylic acids is 2. The Balaban J connectivity index is 2.17. The molecule has 0 bridgehead atoms. The van der Waals surface area contributed by atoms with Crippen LogP contribution in [0.2, 0.25) is 0 Å². The van der Waals surface area contributed by atoms with E-state index < -0.39 is 23.7 Å². The Morgan fingerprint density at radius 3 is 2.57 bits per heavy atom. The van der Waals surface area contributed by atoms with E-state index in [4.69, 9.17) is 4.74 Å². The molecule has 1 aliphatic heterocycles. The molecule has 1 saturated heterocycles. The monoisotopic (exact) mass is 320 g/mol. The number of nitrogens with zero attached hydrogens (tertiary/aromatic N) is 1. The number of aliphatic hydroxyl groups excluding tert-OH is 1. The van der Waals surface area contributed by atoms with Crippen LogP contribution in [0.4, 0.5) is 5.69 Å². The minimum absolute atomic E-state index is 0.191.